The first-order chi connectivity index (χ1) is 7.78. The molecule has 2 aliphatic rings. The minimum Gasteiger partial charge on any atom is -0.368 e. The van der Waals surface area contributed by atoms with Crippen molar-refractivity contribution in [3.63, 3.8) is 0 Å². The van der Waals surface area contributed by atoms with Crippen LogP contribution in [-0.4, -0.2) is 30.7 Å². The van der Waals surface area contributed by atoms with Gasteiger partial charge in [0, 0.05) is 29.5 Å². The molecule has 0 spiro atoms. The molecule has 98 valence electrons. The van der Waals surface area contributed by atoms with E-state index in [1.165, 1.54) is 0 Å². The van der Waals surface area contributed by atoms with Gasteiger partial charge in [-0.3, -0.25) is 4.79 Å². The van der Waals surface area contributed by atoms with E-state index in [-0.39, 0.29) is 34.9 Å². The van der Waals surface area contributed by atoms with Crippen molar-refractivity contribution >= 4 is 5.91 Å². The number of carbonyl (C=O) groups excluding carboxylic acids is 1. The number of nitrogens with two attached hydrogens (primary N) is 1. The summed E-state index contributed by atoms with van der Waals surface area (Å²) in [4.78, 5) is 12.1. The van der Waals surface area contributed by atoms with Crippen molar-refractivity contribution in [1.29, 1.82) is 0 Å². The van der Waals surface area contributed by atoms with Gasteiger partial charge < -0.3 is 15.8 Å². The summed E-state index contributed by atoms with van der Waals surface area (Å²) >= 11 is 0. The molecule has 0 aromatic heterocycles. The molecular formula is C13H24N2O2. The number of carbonyl (C=O) groups is 1. The normalized spacial score (nSPS) is 38.5. The molecule has 0 unspecified atom stereocenters. The van der Waals surface area contributed by atoms with Gasteiger partial charge in [0.05, 0.1) is 0 Å². The summed E-state index contributed by atoms with van der Waals surface area (Å²) < 4.78 is 5.40. The van der Waals surface area contributed by atoms with Crippen molar-refractivity contribution in [3.05, 3.63) is 0 Å². The van der Waals surface area contributed by atoms with Gasteiger partial charge in [0.25, 0.3) is 0 Å². The second kappa shape index (κ2) is 3.95. The minimum atomic E-state index is -0.251. The molecule has 0 aromatic rings. The molecule has 2 rings (SSSR count). The molecular weight excluding hydrogens is 216 g/mol. The monoisotopic (exact) mass is 240 g/mol. The maximum atomic E-state index is 12.1. The standard InChI is InChI=1S/C13H24N2O2/c1-12(2)10(14)13(3,4)11(12)15-9(16)8-6-5-7-17-8/h8,10-11H,5-7,14H2,1-4H3,(H,15,16)/t8-,10?,11?/m0/s1. The predicted octanol–water partition coefficient (Wildman–Crippen LogP) is 1.04. The van der Waals surface area contributed by atoms with Gasteiger partial charge >= 0.3 is 0 Å². The lowest BCUT2D eigenvalue weighted by atomic mass is 9.48. The summed E-state index contributed by atoms with van der Waals surface area (Å²) in [5.74, 6) is 0.0283. The maximum absolute atomic E-state index is 12.1. The summed E-state index contributed by atoms with van der Waals surface area (Å²) in [6.07, 6.45) is 1.57. The number of hydrogen-bond donors (Lipinski definition) is 2. The average Bonchev–Trinajstić information content (AvgIpc) is 2.77. The van der Waals surface area contributed by atoms with E-state index >= 15 is 0 Å². The van der Waals surface area contributed by atoms with E-state index < -0.39 is 0 Å². The van der Waals surface area contributed by atoms with Crippen molar-refractivity contribution in [2.45, 2.75) is 58.7 Å². The van der Waals surface area contributed by atoms with Crippen molar-refractivity contribution < 1.29 is 9.53 Å². The van der Waals surface area contributed by atoms with Crippen LogP contribution in [0.15, 0.2) is 0 Å². The quantitative estimate of drug-likeness (QED) is 0.758. The van der Waals surface area contributed by atoms with Gasteiger partial charge in [0.2, 0.25) is 5.91 Å². The molecule has 1 aliphatic heterocycles. The van der Waals surface area contributed by atoms with Crippen LogP contribution in [0.25, 0.3) is 0 Å². The van der Waals surface area contributed by atoms with E-state index in [1.807, 2.05) is 0 Å². The molecule has 1 atom stereocenters. The van der Waals surface area contributed by atoms with Crippen molar-refractivity contribution in [2.75, 3.05) is 6.61 Å². The van der Waals surface area contributed by atoms with Crippen LogP contribution < -0.4 is 11.1 Å². The van der Waals surface area contributed by atoms with Crippen LogP contribution in [0.3, 0.4) is 0 Å². The van der Waals surface area contributed by atoms with Crippen LogP contribution in [0.2, 0.25) is 0 Å². The van der Waals surface area contributed by atoms with E-state index in [0.29, 0.717) is 6.61 Å². The Balaban J connectivity index is 2.01. The Kier molecular flexibility index (Phi) is 2.99. The molecule has 0 bridgehead atoms. The highest BCUT2D eigenvalue weighted by Gasteiger charge is 2.60. The number of hydrogen-bond acceptors (Lipinski definition) is 3. The zero-order valence-corrected chi connectivity index (χ0v) is 11.2. The molecule has 3 N–H and O–H groups in total. The summed E-state index contributed by atoms with van der Waals surface area (Å²) in [6, 6.07) is 0.242. The molecule has 2 fully saturated rings. The topological polar surface area (TPSA) is 64.3 Å². The molecule has 1 saturated carbocycles. The Morgan fingerprint density at radius 2 is 1.88 bits per heavy atom. The molecule has 1 saturated heterocycles. The molecule has 0 aromatic carbocycles. The summed E-state index contributed by atoms with van der Waals surface area (Å²) in [5.41, 5.74) is 6.08. The van der Waals surface area contributed by atoms with E-state index in [9.17, 15) is 4.79 Å². The van der Waals surface area contributed by atoms with Crippen molar-refractivity contribution in [3.8, 4) is 0 Å². The third kappa shape index (κ3) is 1.87. The van der Waals surface area contributed by atoms with Crippen LogP contribution in [0.4, 0.5) is 0 Å². The van der Waals surface area contributed by atoms with Crippen LogP contribution >= 0.6 is 0 Å². The average molecular weight is 240 g/mol. The smallest absolute Gasteiger partial charge is 0.249 e. The Morgan fingerprint density at radius 1 is 1.29 bits per heavy atom. The van der Waals surface area contributed by atoms with Gasteiger partial charge in [-0.2, -0.15) is 0 Å². The molecule has 1 heterocycles. The van der Waals surface area contributed by atoms with E-state index in [2.05, 4.69) is 33.0 Å². The lowest BCUT2D eigenvalue weighted by molar-refractivity contribution is -0.140. The Bertz CT molecular complexity index is 303. The maximum Gasteiger partial charge on any atom is 0.249 e. The summed E-state index contributed by atoms with van der Waals surface area (Å²) in [7, 11) is 0. The number of amides is 1. The second-order valence-electron chi connectivity index (χ2n) is 6.56. The van der Waals surface area contributed by atoms with Gasteiger partial charge in [0.15, 0.2) is 0 Å². The Hall–Kier alpha value is -0.610. The first-order valence-electron chi connectivity index (χ1n) is 6.45. The molecule has 4 heteroatoms. The number of ether oxygens (including phenoxy) is 1. The second-order valence-corrected chi connectivity index (χ2v) is 6.56. The lowest BCUT2D eigenvalue weighted by Gasteiger charge is -2.63. The van der Waals surface area contributed by atoms with Gasteiger partial charge in [-0.1, -0.05) is 27.7 Å². The molecule has 4 nitrogen and oxygen atoms in total. The van der Waals surface area contributed by atoms with Crippen molar-refractivity contribution in [1.82, 2.24) is 5.32 Å². The molecule has 0 radical (unpaired) electrons. The van der Waals surface area contributed by atoms with Gasteiger partial charge in [0.1, 0.15) is 6.10 Å². The fourth-order valence-electron chi connectivity index (χ4n) is 3.57. The highest BCUT2D eigenvalue weighted by molar-refractivity contribution is 5.81. The molecule has 17 heavy (non-hydrogen) atoms. The largest absolute Gasteiger partial charge is 0.368 e. The minimum absolute atomic E-state index is 0.0283. The van der Waals surface area contributed by atoms with Gasteiger partial charge in [-0.25, -0.2) is 0 Å². The van der Waals surface area contributed by atoms with Gasteiger partial charge in [-0.05, 0) is 12.8 Å². The number of rotatable bonds is 2. The fourth-order valence-corrected chi connectivity index (χ4v) is 3.57. The zero-order chi connectivity index (χ0) is 12.8. The van der Waals surface area contributed by atoms with Crippen LogP contribution in [0.1, 0.15) is 40.5 Å². The third-order valence-corrected chi connectivity index (χ3v) is 4.60. The Morgan fingerprint density at radius 3 is 2.35 bits per heavy atom. The van der Waals surface area contributed by atoms with Crippen LogP contribution in [0.5, 0.6) is 0 Å². The summed E-state index contributed by atoms with van der Waals surface area (Å²) in [5, 5.41) is 3.13. The highest BCUT2D eigenvalue weighted by Crippen LogP contribution is 2.52. The van der Waals surface area contributed by atoms with Crippen molar-refractivity contribution in [2.24, 2.45) is 16.6 Å². The SMILES string of the molecule is CC1(C)C(N)C(C)(C)C1NC(=O)[C@@H]1CCCO1. The third-order valence-electron chi connectivity index (χ3n) is 4.60. The predicted molar refractivity (Wildman–Crippen MR) is 66.4 cm³/mol. The van der Waals surface area contributed by atoms with Crippen LogP contribution in [-0.2, 0) is 9.53 Å². The highest BCUT2D eigenvalue weighted by atomic mass is 16.5. The first-order valence-corrected chi connectivity index (χ1v) is 6.45. The van der Waals surface area contributed by atoms with Crippen LogP contribution in [0, 0.1) is 10.8 Å². The lowest BCUT2D eigenvalue weighted by Crippen LogP contribution is -2.76. The molecule has 1 amide bonds. The van der Waals surface area contributed by atoms with E-state index in [0.717, 1.165) is 12.8 Å². The van der Waals surface area contributed by atoms with E-state index in [1.54, 1.807) is 0 Å². The summed E-state index contributed by atoms with van der Waals surface area (Å²) in [6.45, 7) is 9.16. The first kappa shape index (κ1) is 12.8. The van der Waals surface area contributed by atoms with Gasteiger partial charge in [-0.15, -0.1) is 0 Å². The number of nitrogens with one attached hydrogen (secondary N) is 1. The zero-order valence-electron chi connectivity index (χ0n) is 11.2. The molecule has 1 aliphatic carbocycles. The Labute approximate surface area is 103 Å². The van der Waals surface area contributed by atoms with E-state index in [4.69, 9.17) is 10.5 Å². The fraction of sp³-hybridized carbons (Fsp3) is 0.923.